The molecule has 0 radical (unpaired) electrons. The van der Waals surface area contributed by atoms with Gasteiger partial charge in [-0.25, -0.2) is 9.78 Å². The molecule has 1 aliphatic carbocycles. The Hall–Kier alpha value is -3.10. The summed E-state index contributed by atoms with van der Waals surface area (Å²) in [7, 11) is 0. The molecular weight excluding hydrogens is 460 g/mol. The number of aromatic carboxylic acids is 1. The van der Waals surface area contributed by atoms with Crippen molar-refractivity contribution in [3.63, 3.8) is 0 Å². The molecule has 4 rings (SSSR count). The molecule has 8 heteroatoms. The van der Waals surface area contributed by atoms with Crippen molar-refractivity contribution < 1.29 is 14.6 Å². The monoisotopic (exact) mass is 492 g/mol. The summed E-state index contributed by atoms with van der Waals surface area (Å²) in [5, 5.41) is 9.25. The number of benzene rings is 2. The number of hydrogen-bond donors (Lipinski definition) is 3. The number of nitrogens with two attached hydrogens (primary N) is 1. The summed E-state index contributed by atoms with van der Waals surface area (Å²) < 4.78 is 9.18. The van der Waals surface area contributed by atoms with Crippen LogP contribution in [0.4, 0.5) is 5.95 Å². The van der Waals surface area contributed by atoms with Crippen molar-refractivity contribution in [2.24, 2.45) is 11.1 Å². The summed E-state index contributed by atoms with van der Waals surface area (Å²) in [5.74, 6) is -0.138. The van der Waals surface area contributed by atoms with Crippen LogP contribution in [-0.4, -0.2) is 33.7 Å². The summed E-state index contributed by atoms with van der Waals surface area (Å²) in [6.45, 7) is 6.80. The van der Waals surface area contributed by atoms with Crippen LogP contribution in [0.3, 0.4) is 0 Å². The van der Waals surface area contributed by atoms with Crippen molar-refractivity contribution in [3.05, 3.63) is 65.2 Å². The summed E-state index contributed by atoms with van der Waals surface area (Å²) in [5.41, 5.74) is 11.0. The summed E-state index contributed by atoms with van der Waals surface area (Å²) in [6.07, 6.45) is 4.61. The first-order chi connectivity index (χ1) is 16.7. The van der Waals surface area contributed by atoms with Gasteiger partial charge in [0.1, 0.15) is 6.61 Å². The third-order valence-electron chi connectivity index (χ3n) is 6.45. The Bertz CT molecular complexity index is 1190. The smallest absolute Gasteiger partial charge is 0.335 e. The molecule has 1 fully saturated rings. The topological polar surface area (TPSA) is 110 Å². The number of nitrogens with one attached hydrogen (secondary N) is 1. The molecule has 1 heterocycles. The molecular formula is C27H32N4O3S. The highest BCUT2D eigenvalue weighted by atomic mass is 32.2. The maximum absolute atomic E-state index is 11.3. The van der Waals surface area contributed by atoms with E-state index in [9.17, 15) is 9.90 Å². The lowest BCUT2D eigenvalue weighted by Gasteiger charge is -2.17. The fourth-order valence-corrected chi connectivity index (χ4v) is 4.59. The Kier molecular flexibility index (Phi) is 7.62. The van der Waals surface area contributed by atoms with E-state index in [4.69, 9.17) is 15.5 Å². The fraction of sp³-hybridized carbons (Fsp3) is 0.370. The van der Waals surface area contributed by atoms with Gasteiger partial charge < -0.3 is 15.6 Å². The van der Waals surface area contributed by atoms with Crippen LogP contribution in [0.2, 0.25) is 0 Å². The van der Waals surface area contributed by atoms with Gasteiger partial charge in [-0.05, 0) is 86.2 Å². The molecule has 1 atom stereocenters. The predicted octanol–water partition coefficient (Wildman–Crippen LogP) is 5.86. The van der Waals surface area contributed by atoms with E-state index in [1.54, 1.807) is 18.2 Å². The summed E-state index contributed by atoms with van der Waals surface area (Å²) in [6, 6.07) is 14.6. The largest absolute Gasteiger partial charge is 0.478 e. The molecule has 1 aromatic heterocycles. The van der Waals surface area contributed by atoms with Crippen LogP contribution >= 0.6 is 11.9 Å². The van der Waals surface area contributed by atoms with E-state index in [1.807, 2.05) is 18.2 Å². The molecule has 184 valence electrons. The second-order valence-electron chi connectivity index (χ2n) is 9.64. The van der Waals surface area contributed by atoms with Crippen LogP contribution in [0, 0.1) is 19.3 Å². The van der Waals surface area contributed by atoms with Crippen LogP contribution in [0.5, 0.6) is 5.88 Å². The summed E-state index contributed by atoms with van der Waals surface area (Å²) >= 11 is 1.25. The molecule has 3 aromatic rings. The van der Waals surface area contributed by atoms with Crippen molar-refractivity contribution in [2.45, 2.75) is 57.4 Å². The normalized spacial score (nSPS) is 14.9. The number of aromatic nitrogens is 2. The van der Waals surface area contributed by atoms with E-state index in [1.165, 1.54) is 24.8 Å². The molecule has 0 bridgehead atoms. The summed E-state index contributed by atoms with van der Waals surface area (Å²) in [4.78, 5) is 21.3. The zero-order chi connectivity index (χ0) is 25.0. The van der Waals surface area contributed by atoms with Crippen molar-refractivity contribution in [2.75, 3.05) is 11.3 Å². The second-order valence-corrected chi connectivity index (χ2v) is 10.5. The number of aryl methyl sites for hydroxylation is 2. The number of carboxylic acids is 1. The van der Waals surface area contributed by atoms with Crippen LogP contribution in [0.25, 0.3) is 11.3 Å². The van der Waals surface area contributed by atoms with Gasteiger partial charge in [-0.2, -0.15) is 4.98 Å². The molecule has 0 saturated heterocycles. The van der Waals surface area contributed by atoms with E-state index in [0.29, 0.717) is 23.9 Å². The number of anilines is 1. The molecule has 7 nitrogen and oxygen atoms in total. The van der Waals surface area contributed by atoms with Gasteiger partial charge in [0.25, 0.3) is 0 Å². The second kappa shape index (κ2) is 10.7. The first-order valence-electron chi connectivity index (χ1n) is 11.8. The van der Waals surface area contributed by atoms with Crippen molar-refractivity contribution in [3.8, 4) is 17.1 Å². The SMILES string of the molecule is Cc1cccc(C)c1-c1cc(OCC(N)CCC2(C)CC2)nc(NSc2cccc(C(=O)O)c2)n1. The van der Waals surface area contributed by atoms with Gasteiger partial charge in [0.05, 0.1) is 11.3 Å². The standard InChI is InChI=1S/C27H32N4O3S/c1-17-6-4-7-18(2)24(17)22-15-23(34-16-20(28)10-11-27(3)12-13-27)30-26(29-22)31-35-21-9-5-8-19(14-21)25(32)33/h4-9,14-15,20H,10-13,16,28H2,1-3H3,(H,32,33)(H,29,30,31). The maximum Gasteiger partial charge on any atom is 0.335 e. The first-order valence-corrected chi connectivity index (χ1v) is 12.6. The van der Waals surface area contributed by atoms with Gasteiger partial charge in [-0.3, -0.25) is 4.72 Å². The van der Waals surface area contributed by atoms with Crippen LogP contribution in [0.1, 0.15) is 54.1 Å². The van der Waals surface area contributed by atoms with E-state index in [-0.39, 0.29) is 11.6 Å². The molecule has 0 amide bonds. The highest BCUT2D eigenvalue weighted by Gasteiger charge is 2.36. The number of ether oxygens (including phenoxy) is 1. The van der Waals surface area contributed by atoms with Gasteiger partial charge in [-0.1, -0.05) is 31.2 Å². The van der Waals surface area contributed by atoms with E-state index in [0.717, 1.165) is 40.1 Å². The van der Waals surface area contributed by atoms with E-state index >= 15 is 0 Å². The molecule has 35 heavy (non-hydrogen) atoms. The van der Waals surface area contributed by atoms with Gasteiger partial charge >= 0.3 is 5.97 Å². The van der Waals surface area contributed by atoms with Crippen molar-refractivity contribution in [1.82, 2.24) is 9.97 Å². The third-order valence-corrected chi connectivity index (χ3v) is 7.22. The van der Waals surface area contributed by atoms with Crippen LogP contribution in [0.15, 0.2) is 53.4 Å². The van der Waals surface area contributed by atoms with Gasteiger partial charge in [-0.15, -0.1) is 0 Å². The highest BCUT2D eigenvalue weighted by Crippen LogP contribution is 2.49. The van der Waals surface area contributed by atoms with Crippen molar-refractivity contribution >= 4 is 23.9 Å². The predicted molar refractivity (Wildman–Crippen MR) is 140 cm³/mol. The highest BCUT2D eigenvalue weighted by molar-refractivity contribution is 8.00. The lowest BCUT2D eigenvalue weighted by atomic mass is 10.00. The minimum Gasteiger partial charge on any atom is -0.478 e. The van der Waals surface area contributed by atoms with E-state index in [2.05, 4.69) is 42.6 Å². The Balaban J connectivity index is 1.54. The lowest BCUT2D eigenvalue weighted by Crippen LogP contribution is -2.28. The molecule has 1 saturated carbocycles. The van der Waals surface area contributed by atoms with Crippen LogP contribution in [-0.2, 0) is 0 Å². The van der Waals surface area contributed by atoms with Crippen molar-refractivity contribution in [1.29, 1.82) is 0 Å². The average Bonchev–Trinajstić information content (AvgIpc) is 3.57. The van der Waals surface area contributed by atoms with Crippen LogP contribution < -0.4 is 15.2 Å². The maximum atomic E-state index is 11.3. The average molecular weight is 493 g/mol. The minimum atomic E-state index is -0.969. The number of rotatable bonds is 11. The minimum absolute atomic E-state index is 0.0596. The van der Waals surface area contributed by atoms with Gasteiger partial charge in [0.15, 0.2) is 0 Å². The van der Waals surface area contributed by atoms with E-state index < -0.39 is 5.97 Å². The molecule has 0 spiro atoms. The molecule has 1 aliphatic rings. The number of carbonyl (C=O) groups is 1. The zero-order valence-corrected chi connectivity index (χ0v) is 21.2. The number of carboxylic acid groups (broad SMARTS) is 1. The molecule has 4 N–H and O–H groups in total. The third kappa shape index (κ3) is 6.74. The lowest BCUT2D eigenvalue weighted by molar-refractivity contribution is 0.0696. The number of nitrogens with zero attached hydrogens (tertiary/aromatic N) is 2. The fourth-order valence-electron chi connectivity index (χ4n) is 3.96. The first kappa shape index (κ1) is 25.0. The Morgan fingerprint density at radius 1 is 1.17 bits per heavy atom. The zero-order valence-electron chi connectivity index (χ0n) is 20.4. The number of hydrogen-bond acceptors (Lipinski definition) is 7. The quantitative estimate of drug-likeness (QED) is 0.285. The Morgan fingerprint density at radius 3 is 2.57 bits per heavy atom. The molecule has 1 unspecified atom stereocenters. The molecule has 0 aliphatic heterocycles. The van der Waals surface area contributed by atoms with Gasteiger partial charge in [0.2, 0.25) is 11.8 Å². The van der Waals surface area contributed by atoms with Gasteiger partial charge in [0, 0.05) is 22.6 Å². The molecule has 2 aromatic carbocycles. The Morgan fingerprint density at radius 2 is 1.89 bits per heavy atom. The Labute approximate surface area is 210 Å².